The van der Waals surface area contributed by atoms with Crippen molar-refractivity contribution in [1.82, 2.24) is 4.31 Å². The lowest BCUT2D eigenvalue weighted by Crippen LogP contribution is -2.22. The summed E-state index contributed by atoms with van der Waals surface area (Å²) in [6, 6.07) is 12.2. The average molecular weight is 376 g/mol. The molecule has 0 aliphatic rings. The Balaban J connectivity index is 1.99. The summed E-state index contributed by atoms with van der Waals surface area (Å²) >= 11 is 0. The molecule has 0 spiro atoms. The van der Waals surface area contributed by atoms with Gasteiger partial charge in [-0.2, -0.15) is 0 Å². The van der Waals surface area contributed by atoms with Crippen LogP contribution in [0.25, 0.3) is 0 Å². The van der Waals surface area contributed by atoms with Crippen LogP contribution >= 0.6 is 0 Å². The number of benzene rings is 2. The van der Waals surface area contributed by atoms with E-state index in [4.69, 9.17) is 4.74 Å². The smallest absolute Gasteiger partial charge is 0.262 e. The fourth-order valence-electron chi connectivity index (χ4n) is 2.32. The summed E-state index contributed by atoms with van der Waals surface area (Å²) in [5, 5.41) is 2.77. The maximum absolute atomic E-state index is 12.1. The van der Waals surface area contributed by atoms with Crippen LogP contribution in [0.5, 0.6) is 5.75 Å². The van der Waals surface area contributed by atoms with Crippen LogP contribution in [0.15, 0.2) is 47.4 Å². The van der Waals surface area contributed by atoms with Gasteiger partial charge in [-0.25, -0.2) is 12.7 Å². The van der Waals surface area contributed by atoms with E-state index >= 15 is 0 Å². The first-order chi connectivity index (χ1) is 12.2. The van der Waals surface area contributed by atoms with Crippen molar-refractivity contribution in [2.24, 2.45) is 0 Å². The Labute approximate surface area is 154 Å². The molecule has 2 aromatic rings. The van der Waals surface area contributed by atoms with Crippen molar-refractivity contribution in [3.8, 4) is 5.75 Å². The van der Waals surface area contributed by atoms with Crippen molar-refractivity contribution in [3.63, 3.8) is 0 Å². The van der Waals surface area contributed by atoms with Gasteiger partial charge in [0, 0.05) is 19.8 Å². The second-order valence-corrected chi connectivity index (χ2v) is 8.25. The van der Waals surface area contributed by atoms with Gasteiger partial charge in [-0.3, -0.25) is 4.79 Å². The molecule has 0 saturated carbocycles. The number of ether oxygens (including phenoxy) is 1. The van der Waals surface area contributed by atoms with Crippen molar-refractivity contribution in [1.29, 1.82) is 0 Å². The second-order valence-electron chi connectivity index (χ2n) is 6.10. The first kappa shape index (κ1) is 19.9. The number of hydrogen-bond acceptors (Lipinski definition) is 4. The van der Waals surface area contributed by atoms with Crippen LogP contribution in [-0.2, 0) is 21.2 Å². The SMILES string of the molecule is CCc1ccc(NC(=O)COc2ccc(S(=O)(=O)N(C)C)cc2C)cc1. The van der Waals surface area contributed by atoms with Gasteiger partial charge in [0.2, 0.25) is 10.0 Å². The van der Waals surface area contributed by atoms with Crippen LogP contribution in [0.3, 0.4) is 0 Å². The lowest BCUT2D eigenvalue weighted by molar-refractivity contribution is -0.118. The standard InChI is InChI=1S/C19H24N2O4S/c1-5-15-6-8-16(9-7-15)20-19(22)13-25-18-11-10-17(12-14(18)2)26(23,24)21(3)4/h6-12H,5,13H2,1-4H3,(H,20,22). The lowest BCUT2D eigenvalue weighted by atomic mass is 10.1. The largest absolute Gasteiger partial charge is 0.483 e. The molecule has 0 saturated heterocycles. The first-order valence-electron chi connectivity index (χ1n) is 8.28. The van der Waals surface area contributed by atoms with E-state index in [-0.39, 0.29) is 17.4 Å². The number of amides is 1. The van der Waals surface area contributed by atoms with E-state index in [0.717, 1.165) is 10.7 Å². The molecule has 2 rings (SSSR count). The second kappa shape index (κ2) is 8.33. The number of nitrogens with one attached hydrogen (secondary N) is 1. The third kappa shape index (κ3) is 4.83. The van der Waals surface area contributed by atoms with Crippen LogP contribution in [0.4, 0.5) is 5.69 Å². The van der Waals surface area contributed by atoms with Crippen molar-refractivity contribution in [2.45, 2.75) is 25.2 Å². The first-order valence-corrected chi connectivity index (χ1v) is 9.73. The minimum Gasteiger partial charge on any atom is -0.483 e. The highest BCUT2D eigenvalue weighted by Crippen LogP contribution is 2.23. The Morgan fingerprint density at radius 3 is 2.31 bits per heavy atom. The molecule has 6 nitrogen and oxygen atoms in total. The number of rotatable bonds is 7. The highest BCUT2D eigenvalue weighted by molar-refractivity contribution is 7.89. The quantitative estimate of drug-likeness (QED) is 0.806. The van der Waals surface area contributed by atoms with Crippen molar-refractivity contribution in [2.75, 3.05) is 26.0 Å². The molecule has 1 N–H and O–H groups in total. The summed E-state index contributed by atoms with van der Waals surface area (Å²) in [4.78, 5) is 12.2. The zero-order chi connectivity index (χ0) is 19.3. The van der Waals surface area contributed by atoms with Gasteiger partial charge in [-0.15, -0.1) is 0 Å². The number of carbonyl (C=O) groups excluding carboxylic acids is 1. The number of nitrogens with zero attached hydrogens (tertiary/aromatic N) is 1. The molecule has 0 aliphatic carbocycles. The van der Waals surface area contributed by atoms with Crippen molar-refractivity contribution < 1.29 is 17.9 Å². The molecule has 1 amide bonds. The van der Waals surface area contributed by atoms with Crippen LogP contribution in [-0.4, -0.2) is 39.3 Å². The van der Waals surface area contributed by atoms with Gasteiger partial charge in [0.1, 0.15) is 5.75 Å². The highest BCUT2D eigenvalue weighted by atomic mass is 32.2. The molecule has 140 valence electrons. The summed E-state index contributed by atoms with van der Waals surface area (Å²) in [5.74, 6) is 0.192. The van der Waals surface area contributed by atoms with E-state index in [1.807, 2.05) is 24.3 Å². The Hall–Kier alpha value is -2.38. The molecule has 0 heterocycles. The molecule has 2 aromatic carbocycles. The highest BCUT2D eigenvalue weighted by Gasteiger charge is 2.18. The topological polar surface area (TPSA) is 75.7 Å². The fourth-order valence-corrected chi connectivity index (χ4v) is 3.31. The summed E-state index contributed by atoms with van der Waals surface area (Å²) in [7, 11) is -0.538. The molecule has 0 aromatic heterocycles. The molecule has 0 fully saturated rings. The van der Waals surface area contributed by atoms with Gasteiger partial charge in [0.25, 0.3) is 5.91 Å². The summed E-state index contributed by atoms with van der Waals surface area (Å²) in [6.07, 6.45) is 0.941. The number of sulfonamides is 1. The van der Waals surface area contributed by atoms with Crippen LogP contribution in [0, 0.1) is 6.92 Å². The minimum atomic E-state index is -3.50. The van der Waals surface area contributed by atoms with Crippen LogP contribution in [0.2, 0.25) is 0 Å². The fraction of sp³-hybridized carbons (Fsp3) is 0.316. The van der Waals surface area contributed by atoms with E-state index in [1.54, 1.807) is 13.0 Å². The van der Waals surface area contributed by atoms with Crippen molar-refractivity contribution in [3.05, 3.63) is 53.6 Å². The maximum atomic E-state index is 12.1. The van der Waals surface area contributed by atoms with E-state index < -0.39 is 10.0 Å². The molecule has 7 heteroatoms. The molecule has 0 aliphatic heterocycles. The molecular weight excluding hydrogens is 352 g/mol. The predicted molar refractivity (Wildman–Crippen MR) is 102 cm³/mol. The summed E-state index contributed by atoms with van der Waals surface area (Å²) in [6.45, 7) is 3.65. The van der Waals surface area contributed by atoms with Gasteiger partial charge >= 0.3 is 0 Å². The van der Waals surface area contributed by atoms with E-state index in [2.05, 4.69) is 12.2 Å². The Kier molecular flexibility index (Phi) is 6.39. The zero-order valence-electron chi connectivity index (χ0n) is 15.4. The molecule has 0 bridgehead atoms. The van der Waals surface area contributed by atoms with E-state index in [1.165, 1.54) is 31.8 Å². The monoisotopic (exact) mass is 376 g/mol. The normalized spacial score (nSPS) is 11.4. The van der Waals surface area contributed by atoms with Crippen molar-refractivity contribution >= 4 is 21.6 Å². The van der Waals surface area contributed by atoms with Gasteiger partial charge in [-0.05, 0) is 54.8 Å². The number of hydrogen-bond donors (Lipinski definition) is 1. The summed E-state index contributed by atoms with van der Waals surface area (Å²) < 4.78 is 30.9. The Morgan fingerprint density at radius 1 is 1.12 bits per heavy atom. The summed E-state index contributed by atoms with van der Waals surface area (Å²) in [5.41, 5.74) is 2.55. The zero-order valence-corrected chi connectivity index (χ0v) is 16.3. The number of aryl methyl sites for hydroxylation is 2. The molecular formula is C19H24N2O4S. The van der Waals surface area contributed by atoms with Crippen LogP contribution in [0.1, 0.15) is 18.1 Å². The Morgan fingerprint density at radius 2 is 1.77 bits per heavy atom. The predicted octanol–water partition coefficient (Wildman–Crippen LogP) is 2.83. The van der Waals surface area contributed by atoms with E-state index in [9.17, 15) is 13.2 Å². The Bertz CT molecular complexity index is 875. The third-order valence-corrected chi connectivity index (χ3v) is 5.74. The van der Waals surface area contributed by atoms with E-state index in [0.29, 0.717) is 17.0 Å². The van der Waals surface area contributed by atoms with Gasteiger partial charge in [-0.1, -0.05) is 19.1 Å². The maximum Gasteiger partial charge on any atom is 0.262 e. The van der Waals surface area contributed by atoms with Gasteiger partial charge < -0.3 is 10.1 Å². The van der Waals surface area contributed by atoms with Gasteiger partial charge in [0.05, 0.1) is 4.90 Å². The van der Waals surface area contributed by atoms with Crippen LogP contribution < -0.4 is 10.1 Å². The third-order valence-electron chi connectivity index (χ3n) is 3.93. The molecule has 26 heavy (non-hydrogen) atoms. The van der Waals surface area contributed by atoms with Gasteiger partial charge in [0.15, 0.2) is 6.61 Å². The molecule has 0 atom stereocenters. The lowest BCUT2D eigenvalue weighted by Gasteiger charge is -2.14. The minimum absolute atomic E-state index is 0.157. The number of carbonyl (C=O) groups is 1. The molecule has 0 radical (unpaired) electrons. The average Bonchev–Trinajstić information content (AvgIpc) is 2.61. The molecule has 0 unspecified atom stereocenters. The number of anilines is 1.